The van der Waals surface area contributed by atoms with Crippen LogP contribution in [0.3, 0.4) is 0 Å². The SMILES string of the molecule is c1ccc(S(c2ccccc2)(c2ccccc2)c2ccc(-c3cc4cc(N5c6ccccc6Oc6ccccc65)ccc4c4c3oc3nc5ccccc5nc34)cc2)cc1. The molecule has 0 saturated heterocycles. The molecule has 6 heteroatoms. The van der Waals surface area contributed by atoms with Crippen LogP contribution >= 0.6 is 10.0 Å². The Hall–Kier alpha value is -7.67. The van der Waals surface area contributed by atoms with Crippen molar-refractivity contribution in [2.24, 2.45) is 0 Å². The molecule has 0 bridgehead atoms. The minimum Gasteiger partial charge on any atom is -0.453 e. The first-order chi connectivity index (χ1) is 29.7. The normalized spacial score (nSPS) is 12.7. The third-order valence-corrected chi connectivity index (χ3v) is 15.5. The van der Waals surface area contributed by atoms with Gasteiger partial charge in [-0.15, -0.1) is 10.0 Å². The standard InChI is InChI=1S/C54H35N3O2S/c1-4-16-39(17-5-1)60(40-18-6-2-7-19-40,41-20-8-3-9-21-41)42-31-28-36(29-32-42)44-35-37-34-38(57-47-24-12-14-26-49(47)58-50-27-15-13-25-48(50)57)30-33-43(37)51-52-54(59-53(44)51)56-46-23-11-10-22-45(46)55-52/h1-35H. The summed E-state index contributed by atoms with van der Waals surface area (Å²) in [6.07, 6.45) is 0. The fourth-order valence-corrected chi connectivity index (χ4v) is 12.8. The summed E-state index contributed by atoms with van der Waals surface area (Å²) < 4.78 is 13.2. The maximum atomic E-state index is 6.80. The summed E-state index contributed by atoms with van der Waals surface area (Å²) in [5.74, 6) is 1.63. The highest BCUT2D eigenvalue weighted by molar-refractivity contribution is 8.34. The Balaban J connectivity index is 1.10. The quantitative estimate of drug-likeness (QED) is 0.168. The van der Waals surface area contributed by atoms with Gasteiger partial charge in [0, 0.05) is 30.8 Å². The summed E-state index contributed by atoms with van der Waals surface area (Å²) in [6, 6.07) is 75.3. The lowest BCUT2D eigenvalue weighted by molar-refractivity contribution is 0.477. The molecule has 0 aliphatic carbocycles. The van der Waals surface area contributed by atoms with Gasteiger partial charge in [0.25, 0.3) is 0 Å². The second kappa shape index (κ2) is 13.7. The molecule has 0 spiro atoms. The van der Waals surface area contributed by atoms with Gasteiger partial charge >= 0.3 is 0 Å². The molecule has 0 saturated carbocycles. The van der Waals surface area contributed by atoms with Gasteiger partial charge in [-0.2, -0.15) is 0 Å². The summed E-state index contributed by atoms with van der Waals surface area (Å²) in [5, 5.41) is 3.07. The van der Waals surface area contributed by atoms with Crippen LogP contribution in [0.1, 0.15) is 0 Å². The molecule has 1 aliphatic rings. The smallest absolute Gasteiger partial charge is 0.246 e. The molecule has 2 aromatic heterocycles. The number of aromatic nitrogens is 2. The Morgan fingerprint density at radius 2 is 0.967 bits per heavy atom. The molecule has 284 valence electrons. The van der Waals surface area contributed by atoms with Gasteiger partial charge in [0.1, 0.15) is 11.1 Å². The molecular formula is C54H35N3O2S. The van der Waals surface area contributed by atoms with Crippen LogP contribution in [0.5, 0.6) is 11.5 Å². The van der Waals surface area contributed by atoms with E-state index < -0.39 is 10.0 Å². The van der Waals surface area contributed by atoms with Gasteiger partial charge in [-0.3, -0.25) is 0 Å². The first kappa shape index (κ1) is 34.4. The second-order valence-corrected chi connectivity index (χ2v) is 18.1. The van der Waals surface area contributed by atoms with Crippen molar-refractivity contribution in [3.05, 3.63) is 212 Å². The molecule has 0 N–H and O–H groups in total. The highest BCUT2D eigenvalue weighted by atomic mass is 32.3. The summed E-state index contributed by atoms with van der Waals surface area (Å²) in [5.41, 5.74) is 8.69. The molecule has 0 unspecified atom stereocenters. The molecule has 12 rings (SSSR count). The van der Waals surface area contributed by atoms with Crippen molar-refractivity contribution in [1.29, 1.82) is 0 Å². The Morgan fingerprint density at radius 1 is 0.450 bits per heavy atom. The molecule has 0 atom stereocenters. The lowest BCUT2D eigenvalue weighted by atomic mass is 9.96. The van der Waals surface area contributed by atoms with E-state index in [1.54, 1.807) is 0 Å². The number of ether oxygens (including phenoxy) is 1. The number of hydrogen-bond acceptors (Lipinski definition) is 5. The maximum Gasteiger partial charge on any atom is 0.246 e. The van der Waals surface area contributed by atoms with Crippen molar-refractivity contribution in [1.82, 2.24) is 9.97 Å². The zero-order chi connectivity index (χ0) is 39.6. The third kappa shape index (κ3) is 5.28. The topological polar surface area (TPSA) is 51.4 Å². The number of anilines is 3. The van der Waals surface area contributed by atoms with E-state index in [4.69, 9.17) is 19.1 Å². The zero-order valence-electron chi connectivity index (χ0n) is 32.3. The number of furan rings is 1. The number of benzene rings is 9. The highest BCUT2D eigenvalue weighted by Crippen LogP contribution is 2.73. The molecule has 60 heavy (non-hydrogen) atoms. The van der Waals surface area contributed by atoms with Gasteiger partial charge in [-0.05, 0) is 119 Å². The fraction of sp³-hybridized carbons (Fsp3) is 0. The molecule has 0 amide bonds. The Labute approximate surface area is 348 Å². The van der Waals surface area contributed by atoms with Gasteiger partial charge in [-0.25, -0.2) is 9.97 Å². The molecule has 0 fully saturated rings. The molecule has 9 aromatic carbocycles. The maximum absolute atomic E-state index is 6.80. The van der Waals surface area contributed by atoms with Crippen LogP contribution < -0.4 is 9.64 Å². The van der Waals surface area contributed by atoms with Crippen molar-refractivity contribution >= 4 is 71.1 Å². The van der Waals surface area contributed by atoms with E-state index in [2.05, 4.69) is 169 Å². The largest absolute Gasteiger partial charge is 0.453 e. The monoisotopic (exact) mass is 789 g/mol. The fourth-order valence-electron chi connectivity index (χ4n) is 8.90. The van der Waals surface area contributed by atoms with E-state index >= 15 is 0 Å². The average Bonchev–Trinajstić information content (AvgIpc) is 3.69. The van der Waals surface area contributed by atoms with Crippen LogP contribution in [0.25, 0.3) is 55.1 Å². The van der Waals surface area contributed by atoms with Crippen LogP contribution in [0.4, 0.5) is 17.1 Å². The lowest BCUT2D eigenvalue weighted by Crippen LogP contribution is -2.15. The number of rotatable bonds is 6. The number of fused-ring (bicyclic) bond motifs is 8. The Bertz CT molecular complexity index is 3260. The molecule has 3 heterocycles. The highest BCUT2D eigenvalue weighted by Gasteiger charge is 2.33. The summed E-state index contributed by atoms with van der Waals surface area (Å²) in [7, 11) is -1.86. The minimum absolute atomic E-state index is 0.523. The average molecular weight is 790 g/mol. The molecule has 5 nitrogen and oxygen atoms in total. The first-order valence-corrected chi connectivity index (χ1v) is 21.7. The van der Waals surface area contributed by atoms with Crippen LogP contribution in [-0.4, -0.2) is 9.97 Å². The van der Waals surface area contributed by atoms with Crippen molar-refractivity contribution in [3.8, 4) is 22.6 Å². The third-order valence-electron chi connectivity index (χ3n) is 11.5. The van der Waals surface area contributed by atoms with Gasteiger partial charge in [0.2, 0.25) is 5.71 Å². The molecule has 0 radical (unpaired) electrons. The second-order valence-electron chi connectivity index (χ2n) is 15.0. The van der Waals surface area contributed by atoms with Crippen molar-refractivity contribution in [2.75, 3.05) is 4.90 Å². The van der Waals surface area contributed by atoms with E-state index in [0.717, 1.165) is 78.0 Å². The van der Waals surface area contributed by atoms with E-state index in [1.165, 1.54) is 19.6 Å². The van der Waals surface area contributed by atoms with Crippen LogP contribution in [0, 0.1) is 0 Å². The van der Waals surface area contributed by atoms with Gasteiger partial charge in [0.15, 0.2) is 11.5 Å². The van der Waals surface area contributed by atoms with Crippen LogP contribution in [0.15, 0.2) is 236 Å². The molecule has 1 aliphatic heterocycles. The van der Waals surface area contributed by atoms with E-state index in [0.29, 0.717) is 5.71 Å². The van der Waals surface area contributed by atoms with E-state index in [1.807, 2.05) is 48.5 Å². The number of nitrogens with zero attached hydrogens (tertiary/aromatic N) is 3. The predicted molar refractivity (Wildman–Crippen MR) is 244 cm³/mol. The number of hydrogen-bond donors (Lipinski definition) is 0. The van der Waals surface area contributed by atoms with Crippen molar-refractivity contribution in [2.45, 2.75) is 19.6 Å². The zero-order valence-corrected chi connectivity index (χ0v) is 33.1. The van der Waals surface area contributed by atoms with Crippen LogP contribution in [-0.2, 0) is 0 Å². The van der Waals surface area contributed by atoms with Crippen molar-refractivity contribution in [3.63, 3.8) is 0 Å². The Kier molecular flexibility index (Phi) is 7.86. The molecular weight excluding hydrogens is 755 g/mol. The van der Waals surface area contributed by atoms with Gasteiger partial charge in [-0.1, -0.05) is 109 Å². The van der Waals surface area contributed by atoms with Crippen molar-refractivity contribution < 1.29 is 9.15 Å². The van der Waals surface area contributed by atoms with E-state index in [9.17, 15) is 0 Å². The summed E-state index contributed by atoms with van der Waals surface area (Å²) in [4.78, 5) is 17.6. The minimum atomic E-state index is -1.86. The Morgan fingerprint density at radius 3 is 1.57 bits per heavy atom. The van der Waals surface area contributed by atoms with E-state index in [-0.39, 0.29) is 0 Å². The van der Waals surface area contributed by atoms with Crippen LogP contribution in [0.2, 0.25) is 0 Å². The summed E-state index contributed by atoms with van der Waals surface area (Å²) >= 11 is 0. The van der Waals surface area contributed by atoms with Gasteiger partial charge < -0.3 is 14.1 Å². The lowest BCUT2D eigenvalue weighted by Gasteiger charge is -2.42. The number of para-hydroxylation sites is 6. The first-order valence-electron chi connectivity index (χ1n) is 20.0. The molecule has 11 aromatic rings. The predicted octanol–water partition coefficient (Wildman–Crippen LogP) is 15.3. The van der Waals surface area contributed by atoms with Gasteiger partial charge in [0.05, 0.1) is 27.8 Å². The summed E-state index contributed by atoms with van der Waals surface area (Å²) in [6.45, 7) is 0.